The van der Waals surface area contributed by atoms with Gasteiger partial charge in [-0.2, -0.15) is 0 Å². The maximum Gasteiger partial charge on any atom is 0.159 e. The molecule has 0 heterocycles. The zero-order valence-electron chi connectivity index (χ0n) is 8.61. The summed E-state index contributed by atoms with van der Waals surface area (Å²) in [5.41, 5.74) is 4.17. The van der Waals surface area contributed by atoms with Gasteiger partial charge in [-0.3, -0.25) is 4.79 Å². The molecule has 0 aliphatic heterocycles. The largest absolute Gasteiger partial charge is 0.295 e. The van der Waals surface area contributed by atoms with Gasteiger partial charge >= 0.3 is 0 Å². The van der Waals surface area contributed by atoms with Gasteiger partial charge in [-0.25, -0.2) is 0 Å². The van der Waals surface area contributed by atoms with Crippen molar-refractivity contribution >= 4 is 13.9 Å². The highest BCUT2D eigenvalue weighted by Gasteiger charge is 2.15. The SMILES string of the molecule is C[Si](C)(C)C#C/C=C1/CCCC1=O. The average molecular weight is 192 g/mol. The molecule has 0 amide bonds. The molecule has 0 N–H and O–H groups in total. The number of hydrogen-bond acceptors (Lipinski definition) is 1. The number of rotatable bonds is 0. The van der Waals surface area contributed by atoms with E-state index in [4.69, 9.17) is 0 Å². The molecule has 0 aromatic carbocycles. The number of allylic oxidation sites excluding steroid dienone is 2. The van der Waals surface area contributed by atoms with E-state index in [0.29, 0.717) is 5.78 Å². The predicted molar refractivity (Wildman–Crippen MR) is 58.1 cm³/mol. The summed E-state index contributed by atoms with van der Waals surface area (Å²) in [4.78, 5) is 11.2. The second-order valence-electron chi connectivity index (χ2n) is 4.47. The third-order valence-corrected chi connectivity index (χ3v) is 2.80. The monoisotopic (exact) mass is 192 g/mol. The van der Waals surface area contributed by atoms with E-state index >= 15 is 0 Å². The molecule has 1 rings (SSSR count). The minimum absolute atomic E-state index is 0.296. The first-order valence-corrected chi connectivity index (χ1v) is 8.24. The summed E-state index contributed by atoms with van der Waals surface area (Å²) in [6, 6.07) is 0. The minimum atomic E-state index is -1.27. The van der Waals surface area contributed by atoms with Crippen LogP contribution in [0.3, 0.4) is 0 Å². The van der Waals surface area contributed by atoms with Crippen LogP contribution in [0.2, 0.25) is 19.6 Å². The summed E-state index contributed by atoms with van der Waals surface area (Å²) >= 11 is 0. The molecule has 0 unspecified atom stereocenters. The highest BCUT2D eigenvalue weighted by atomic mass is 28.3. The summed E-state index contributed by atoms with van der Waals surface area (Å²) < 4.78 is 0. The Morgan fingerprint density at radius 2 is 2.00 bits per heavy atom. The van der Waals surface area contributed by atoms with Crippen LogP contribution in [0.1, 0.15) is 19.3 Å². The fraction of sp³-hybridized carbons (Fsp3) is 0.545. The highest BCUT2D eigenvalue weighted by Crippen LogP contribution is 2.19. The first-order chi connectivity index (χ1) is 5.99. The van der Waals surface area contributed by atoms with Crippen LogP contribution in [0.5, 0.6) is 0 Å². The van der Waals surface area contributed by atoms with Gasteiger partial charge in [0.1, 0.15) is 8.07 Å². The molecule has 1 fully saturated rings. The van der Waals surface area contributed by atoms with Crippen molar-refractivity contribution in [3.05, 3.63) is 11.6 Å². The van der Waals surface area contributed by atoms with E-state index in [1.807, 2.05) is 6.08 Å². The summed E-state index contributed by atoms with van der Waals surface area (Å²) in [5, 5.41) is 0. The van der Waals surface area contributed by atoms with Crippen LogP contribution in [0.25, 0.3) is 0 Å². The lowest BCUT2D eigenvalue weighted by Crippen LogP contribution is -2.16. The molecule has 0 saturated heterocycles. The fourth-order valence-corrected chi connectivity index (χ4v) is 1.74. The standard InChI is InChI=1S/C11H16OSi/c1-13(2,3)9-5-7-10-6-4-8-11(10)12/h7H,4,6,8H2,1-3H3/b10-7-. The van der Waals surface area contributed by atoms with E-state index in [0.717, 1.165) is 24.8 Å². The van der Waals surface area contributed by atoms with Crippen LogP contribution in [0.4, 0.5) is 0 Å². The average Bonchev–Trinajstić information content (AvgIpc) is 2.34. The number of ketones is 1. The van der Waals surface area contributed by atoms with Crippen LogP contribution < -0.4 is 0 Å². The second-order valence-corrected chi connectivity index (χ2v) is 9.22. The van der Waals surface area contributed by atoms with Crippen LogP contribution in [-0.4, -0.2) is 13.9 Å². The van der Waals surface area contributed by atoms with Crippen molar-refractivity contribution in [3.63, 3.8) is 0 Å². The summed E-state index contributed by atoms with van der Waals surface area (Å²) in [6.07, 6.45) is 4.49. The van der Waals surface area contributed by atoms with Gasteiger partial charge in [-0.15, -0.1) is 5.54 Å². The molecular formula is C11H16OSi. The molecule has 1 aliphatic rings. The van der Waals surface area contributed by atoms with Crippen molar-refractivity contribution in [2.24, 2.45) is 0 Å². The molecule has 1 nitrogen and oxygen atoms in total. The van der Waals surface area contributed by atoms with Crippen molar-refractivity contribution in [1.29, 1.82) is 0 Å². The Morgan fingerprint density at radius 3 is 2.46 bits per heavy atom. The molecule has 0 bridgehead atoms. The normalized spacial score (nSPS) is 20.2. The smallest absolute Gasteiger partial charge is 0.159 e. The van der Waals surface area contributed by atoms with E-state index in [1.165, 1.54) is 0 Å². The number of carbonyl (C=O) groups excluding carboxylic acids is 1. The topological polar surface area (TPSA) is 17.1 Å². The molecule has 0 atom stereocenters. The van der Waals surface area contributed by atoms with Gasteiger partial charge in [-0.05, 0) is 18.9 Å². The van der Waals surface area contributed by atoms with Crippen molar-refractivity contribution in [1.82, 2.24) is 0 Å². The lowest BCUT2D eigenvalue weighted by molar-refractivity contribution is -0.114. The van der Waals surface area contributed by atoms with E-state index < -0.39 is 8.07 Å². The van der Waals surface area contributed by atoms with Gasteiger partial charge in [0.2, 0.25) is 0 Å². The van der Waals surface area contributed by atoms with Crippen molar-refractivity contribution in [3.8, 4) is 11.5 Å². The van der Waals surface area contributed by atoms with E-state index in [9.17, 15) is 4.79 Å². The molecule has 13 heavy (non-hydrogen) atoms. The second kappa shape index (κ2) is 3.93. The van der Waals surface area contributed by atoms with E-state index in [2.05, 4.69) is 31.1 Å². The number of hydrogen-bond donors (Lipinski definition) is 0. The van der Waals surface area contributed by atoms with Gasteiger partial charge in [0.15, 0.2) is 5.78 Å². The predicted octanol–water partition coefficient (Wildman–Crippen LogP) is 2.55. The third-order valence-electron chi connectivity index (χ3n) is 1.90. The molecule has 2 heteroatoms. The molecular weight excluding hydrogens is 176 g/mol. The Bertz CT molecular complexity index is 296. The third kappa shape index (κ3) is 3.60. The van der Waals surface area contributed by atoms with Crippen LogP contribution in [0, 0.1) is 11.5 Å². The molecule has 0 radical (unpaired) electrons. The lowest BCUT2D eigenvalue weighted by Gasteiger charge is -2.02. The van der Waals surface area contributed by atoms with Crippen molar-refractivity contribution < 1.29 is 4.79 Å². The first-order valence-electron chi connectivity index (χ1n) is 4.74. The van der Waals surface area contributed by atoms with Gasteiger partial charge in [0.25, 0.3) is 0 Å². The maximum atomic E-state index is 11.2. The van der Waals surface area contributed by atoms with Crippen LogP contribution in [-0.2, 0) is 4.79 Å². The van der Waals surface area contributed by atoms with Crippen molar-refractivity contribution in [2.45, 2.75) is 38.9 Å². The van der Waals surface area contributed by atoms with Gasteiger partial charge in [0.05, 0.1) is 0 Å². The summed E-state index contributed by atoms with van der Waals surface area (Å²) in [6.45, 7) is 6.61. The van der Waals surface area contributed by atoms with Gasteiger partial charge < -0.3 is 0 Å². The first kappa shape index (κ1) is 10.3. The maximum absolute atomic E-state index is 11.2. The van der Waals surface area contributed by atoms with Crippen LogP contribution >= 0.6 is 0 Å². The molecule has 0 spiro atoms. The number of carbonyl (C=O) groups is 1. The molecule has 0 aromatic heterocycles. The highest BCUT2D eigenvalue weighted by molar-refractivity contribution is 6.83. The Balaban J connectivity index is 2.66. The molecule has 1 aliphatic carbocycles. The summed E-state index contributed by atoms with van der Waals surface area (Å²) in [7, 11) is -1.27. The molecule has 0 aromatic rings. The zero-order chi connectivity index (χ0) is 9.90. The lowest BCUT2D eigenvalue weighted by atomic mass is 10.2. The Kier molecular flexibility index (Phi) is 3.10. The quantitative estimate of drug-likeness (QED) is 0.327. The Labute approximate surface area is 81.2 Å². The Morgan fingerprint density at radius 1 is 1.31 bits per heavy atom. The fourth-order valence-electron chi connectivity index (χ4n) is 1.23. The zero-order valence-corrected chi connectivity index (χ0v) is 9.61. The van der Waals surface area contributed by atoms with E-state index in [-0.39, 0.29) is 0 Å². The van der Waals surface area contributed by atoms with Gasteiger partial charge in [0, 0.05) is 12.0 Å². The van der Waals surface area contributed by atoms with Gasteiger partial charge in [-0.1, -0.05) is 25.6 Å². The molecule has 1 saturated carbocycles. The number of Topliss-reactive ketones (excluding diaryl/α,β-unsaturated/α-hetero) is 1. The Hall–Kier alpha value is -0.813. The summed E-state index contributed by atoms with van der Waals surface area (Å²) in [5.74, 6) is 3.32. The van der Waals surface area contributed by atoms with E-state index in [1.54, 1.807) is 0 Å². The van der Waals surface area contributed by atoms with Crippen molar-refractivity contribution in [2.75, 3.05) is 0 Å². The molecule has 70 valence electrons. The minimum Gasteiger partial charge on any atom is -0.295 e. The van der Waals surface area contributed by atoms with Crippen LogP contribution in [0.15, 0.2) is 11.6 Å².